The first-order valence-electron chi connectivity index (χ1n) is 8.16. The Morgan fingerprint density at radius 1 is 1.31 bits per heavy atom. The molecule has 0 fully saturated rings. The Hall–Kier alpha value is -3.19. The highest BCUT2D eigenvalue weighted by molar-refractivity contribution is 7.13. The van der Waals surface area contributed by atoms with E-state index in [1.165, 1.54) is 0 Å². The van der Waals surface area contributed by atoms with Crippen molar-refractivity contribution in [3.63, 3.8) is 0 Å². The highest BCUT2D eigenvalue weighted by Gasteiger charge is 2.14. The number of anilines is 1. The molecule has 3 aromatic heterocycles. The third-order valence-electron chi connectivity index (χ3n) is 3.93. The minimum Gasteiger partial charge on any atom is -0.337 e. The molecule has 0 bridgehead atoms. The van der Waals surface area contributed by atoms with Crippen LogP contribution in [0.25, 0.3) is 10.6 Å². The van der Waals surface area contributed by atoms with Crippen LogP contribution in [0.15, 0.2) is 60.4 Å². The van der Waals surface area contributed by atoms with Crippen LogP contribution in [0.5, 0.6) is 0 Å². The maximum atomic E-state index is 12.7. The molecular formula is C19H17N5OS. The highest BCUT2D eigenvalue weighted by Crippen LogP contribution is 2.23. The van der Waals surface area contributed by atoms with E-state index < -0.39 is 0 Å². The van der Waals surface area contributed by atoms with Crippen molar-refractivity contribution >= 4 is 22.9 Å². The van der Waals surface area contributed by atoms with Crippen molar-refractivity contribution in [3.8, 4) is 10.6 Å². The summed E-state index contributed by atoms with van der Waals surface area (Å²) in [6, 6.07) is 11.3. The second-order valence-electron chi connectivity index (χ2n) is 5.98. The molecule has 130 valence electrons. The van der Waals surface area contributed by atoms with Crippen molar-refractivity contribution in [2.75, 3.05) is 5.32 Å². The van der Waals surface area contributed by atoms with E-state index in [0.717, 1.165) is 27.5 Å². The van der Waals surface area contributed by atoms with Crippen molar-refractivity contribution in [3.05, 3.63) is 77.3 Å². The van der Waals surface area contributed by atoms with Crippen LogP contribution in [0.2, 0.25) is 0 Å². The quantitative estimate of drug-likeness (QED) is 0.564. The number of nitrogens with one attached hydrogen (secondary N) is 2. The SMILES string of the molecule is Cc1cc(C(=O)Nc2ccccc2)n(Cc2csc(-c3cn[nH]c3)n2)c1. The molecular weight excluding hydrogens is 346 g/mol. The number of aryl methyl sites for hydroxylation is 1. The number of nitrogens with zero attached hydrogens (tertiary/aromatic N) is 3. The summed E-state index contributed by atoms with van der Waals surface area (Å²) in [5, 5.41) is 12.6. The second-order valence-corrected chi connectivity index (χ2v) is 6.84. The van der Waals surface area contributed by atoms with E-state index in [9.17, 15) is 4.79 Å². The van der Waals surface area contributed by atoms with Gasteiger partial charge in [-0.15, -0.1) is 11.3 Å². The predicted octanol–water partition coefficient (Wildman–Crippen LogP) is 3.94. The van der Waals surface area contributed by atoms with Crippen LogP contribution < -0.4 is 5.32 Å². The van der Waals surface area contributed by atoms with Crippen LogP contribution in [0.3, 0.4) is 0 Å². The Morgan fingerprint density at radius 3 is 2.92 bits per heavy atom. The van der Waals surface area contributed by atoms with E-state index >= 15 is 0 Å². The van der Waals surface area contributed by atoms with E-state index in [2.05, 4.69) is 20.5 Å². The summed E-state index contributed by atoms with van der Waals surface area (Å²) in [4.78, 5) is 17.3. The molecule has 1 amide bonds. The lowest BCUT2D eigenvalue weighted by molar-refractivity contribution is 0.101. The summed E-state index contributed by atoms with van der Waals surface area (Å²) in [6.07, 6.45) is 5.54. The number of benzene rings is 1. The molecule has 2 N–H and O–H groups in total. The first-order valence-corrected chi connectivity index (χ1v) is 9.04. The van der Waals surface area contributed by atoms with Gasteiger partial charge in [-0.25, -0.2) is 4.98 Å². The van der Waals surface area contributed by atoms with Crippen molar-refractivity contribution in [1.29, 1.82) is 0 Å². The molecule has 0 aliphatic heterocycles. The minimum atomic E-state index is -0.130. The number of carbonyl (C=O) groups is 1. The molecule has 0 radical (unpaired) electrons. The fourth-order valence-electron chi connectivity index (χ4n) is 2.75. The third kappa shape index (κ3) is 3.43. The molecule has 0 unspecified atom stereocenters. The van der Waals surface area contributed by atoms with Gasteiger partial charge in [0.1, 0.15) is 10.7 Å². The Kier molecular flexibility index (Phi) is 4.37. The fraction of sp³-hybridized carbons (Fsp3) is 0.105. The predicted molar refractivity (Wildman–Crippen MR) is 102 cm³/mol. The van der Waals surface area contributed by atoms with Gasteiger partial charge in [0.15, 0.2) is 0 Å². The maximum Gasteiger partial charge on any atom is 0.272 e. The largest absolute Gasteiger partial charge is 0.337 e. The summed E-state index contributed by atoms with van der Waals surface area (Å²) in [7, 11) is 0. The Labute approximate surface area is 154 Å². The van der Waals surface area contributed by atoms with Gasteiger partial charge in [-0.3, -0.25) is 9.89 Å². The van der Waals surface area contributed by atoms with Crippen LogP contribution in [0, 0.1) is 6.92 Å². The third-order valence-corrected chi connectivity index (χ3v) is 4.87. The zero-order chi connectivity index (χ0) is 17.9. The van der Waals surface area contributed by atoms with Gasteiger partial charge >= 0.3 is 0 Å². The van der Waals surface area contributed by atoms with Crippen LogP contribution in [-0.4, -0.2) is 25.7 Å². The number of hydrogen-bond donors (Lipinski definition) is 2. The van der Waals surface area contributed by atoms with Gasteiger partial charge in [0.25, 0.3) is 5.91 Å². The molecule has 1 aromatic carbocycles. The zero-order valence-electron chi connectivity index (χ0n) is 14.1. The molecule has 4 rings (SSSR count). The molecule has 4 aromatic rings. The lowest BCUT2D eigenvalue weighted by atomic mass is 10.3. The number of aromatic amines is 1. The van der Waals surface area contributed by atoms with Crippen molar-refractivity contribution in [2.24, 2.45) is 0 Å². The molecule has 0 saturated carbocycles. The number of carbonyl (C=O) groups excluding carboxylic acids is 1. The monoisotopic (exact) mass is 363 g/mol. The Morgan fingerprint density at radius 2 is 2.15 bits per heavy atom. The van der Waals surface area contributed by atoms with E-state index in [-0.39, 0.29) is 5.91 Å². The lowest BCUT2D eigenvalue weighted by Crippen LogP contribution is -2.17. The fourth-order valence-corrected chi connectivity index (χ4v) is 3.54. The molecule has 6 nitrogen and oxygen atoms in total. The van der Waals surface area contributed by atoms with Gasteiger partial charge in [-0.1, -0.05) is 18.2 Å². The summed E-state index contributed by atoms with van der Waals surface area (Å²) in [5.74, 6) is -0.130. The Balaban J connectivity index is 1.55. The molecule has 7 heteroatoms. The molecule has 0 aliphatic carbocycles. The average molecular weight is 363 g/mol. The number of para-hydroxylation sites is 1. The normalized spacial score (nSPS) is 10.8. The van der Waals surface area contributed by atoms with Gasteiger partial charge in [0.05, 0.1) is 18.4 Å². The average Bonchev–Trinajstić information content (AvgIpc) is 3.37. The first kappa shape index (κ1) is 16.3. The van der Waals surface area contributed by atoms with Crippen molar-refractivity contribution < 1.29 is 4.79 Å². The van der Waals surface area contributed by atoms with Gasteiger partial charge in [-0.2, -0.15) is 5.10 Å². The molecule has 3 heterocycles. The minimum absolute atomic E-state index is 0.130. The van der Waals surface area contributed by atoms with Gasteiger partial charge in [0.2, 0.25) is 0 Å². The summed E-state index contributed by atoms with van der Waals surface area (Å²) >= 11 is 1.57. The number of hydrogen-bond acceptors (Lipinski definition) is 4. The highest BCUT2D eigenvalue weighted by atomic mass is 32.1. The van der Waals surface area contributed by atoms with Crippen molar-refractivity contribution in [2.45, 2.75) is 13.5 Å². The summed E-state index contributed by atoms with van der Waals surface area (Å²) < 4.78 is 1.93. The standard InChI is InChI=1S/C19H17N5OS/c1-13-7-17(18(25)22-15-5-3-2-4-6-15)24(10-13)11-16-12-26-19(23-16)14-8-20-21-9-14/h2-10,12H,11H2,1H3,(H,20,21)(H,22,25). The van der Waals surface area contributed by atoms with E-state index in [1.54, 1.807) is 17.5 Å². The lowest BCUT2D eigenvalue weighted by Gasteiger charge is -2.08. The first-order chi connectivity index (χ1) is 12.7. The Bertz CT molecular complexity index is 1020. The molecule has 0 saturated heterocycles. The number of aromatic nitrogens is 4. The summed E-state index contributed by atoms with van der Waals surface area (Å²) in [6.45, 7) is 2.52. The number of amides is 1. The van der Waals surface area contributed by atoms with E-state index in [4.69, 9.17) is 0 Å². The van der Waals surface area contributed by atoms with Gasteiger partial charge in [0, 0.05) is 29.0 Å². The molecule has 0 atom stereocenters. The smallest absolute Gasteiger partial charge is 0.272 e. The second kappa shape index (κ2) is 6.97. The zero-order valence-corrected chi connectivity index (χ0v) is 15.0. The van der Waals surface area contributed by atoms with Crippen LogP contribution in [0.1, 0.15) is 21.7 Å². The van der Waals surface area contributed by atoms with Crippen LogP contribution in [-0.2, 0) is 6.54 Å². The van der Waals surface area contributed by atoms with Crippen LogP contribution >= 0.6 is 11.3 Å². The molecule has 0 spiro atoms. The number of rotatable bonds is 5. The number of thiazole rings is 1. The van der Waals surface area contributed by atoms with Crippen molar-refractivity contribution in [1.82, 2.24) is 19.7 Å². The summed E-state index contributed by atoms with van der Waals surface area (Å²) in [5.41, 5.74) is 4.30. The molecule has 26 heavy (non-hydrogen) atoms. The molecule has 0 aliphatic rings. The van der Waals surface area contributed by atoms with E-state index in [1.807, 2.05) is 65.7 Å². The van der Waals surface area contributed by atoms with Gasteiger partial charge < -0.3 is 9.88 Å². The van der Waals surface area contributed by atoms with Crippen LogP contribution in [0.4, 0.5) is 5.69 Å². The maximum absolute atomic E-state index is 12.7. The topological polar surface area (TPSA) is 75.6 Å². The van der Waals surface area contributed by atoms with E-state index in [0.29, 0.717) is 12.2 Å². The number of H-pyrrole nitrogens is 1. The van der Waals surface area contributed by atoms with Gasteiger partial charge in [-0.05, 0) is 30.7 Å².